The zero-order valence-electron chi connectivity index (χ0n) is 50.3. The number of carbonyl (C=O) groups is 3. The van der Waals surface area contributed by atoms with Crippen LogP contribution in [0.4, 0.5) is 0 Å². The van der Waals surface area contributed by atoms with Crippen LogP contribution in [0.5, 0.6) is 0 Å². The van der Waals surface area contributed by atoms with E-state index in [-0.39, 0.29) is 95.9 Å². The number of hydrogen-bond acceptors (Lipinski definition) is 16. The van der Waals surface area contributed by atoms with Crippen molar-refractivity contribution in [3.8, 4) is 0 Å². The summed E-state index contributed by atoms with van der Waals surface area (Å²) in [5.41, 5.74) is 0.863. The molecule has 1 unspecified atom stereocenters. The third-order valence-corrected chi connectivity index (χ3v) is 10.5. The molecule has 1 aliphatic rings. The van der Waals surface area contributed by atoms with Crippen LogP contribution in [-0.4, -0.2) is 120 Å². The van der Waals surface area contributed by atoms with Crippen LogP contribution < -0.4 is 0 Å². The molecule has 74 heavy (non-hydrogen) atoms. The van der Waals surface area contributed by atoms with Crippen LogP contribution in [0.15, 0.2) is 15.2 Å². The van der Waals surface area contributed by atoms with Gasteiger partial charge in [-0.3, -0.25) is 14.2 Å². The number of rotatable bonds is 11. The van der Waals surface area contributed by atoms with Gasteiger partial charge in [0.25, 0.3) is 6.92 Å². The first-order valence-corrected chi connectivity index (χ1v) is 29.0. The molecule has 0 saturated carbocycles. The summed E-state index contributed by atoms with van der Waals surface area (Å²) in [6.07, 6.45) is 5.70. The summed E-state index contributed by atoms with van der Waals surface area (Å²) in [5.74, 6) is 2.99. The predicted molar refractivity (Wildman–Crippen MR) is 310 cm³/mol. The number of aromatic nitrogens is 8. The summed E-state index contributed by atoms with van der Waals surface area (Å²) in [5, 5.41) is 39.6. The summed E-state index contributed by atoms with van der Waals surface area (Å²) in [4.78, 5) is 46.5. The highest BCUT2D eigenvalue weighted by Crippen LogP contribution is 2.41. The van der Waals surface area contributed by atoms with E-state index in [1.54, 1.807) is 11.6 Å². The molecule has 0 aliphatic carbocycles. The van der Waals surface area contributed by atoms with E-state index in [9.17, 15) is 27.4 Å². The van der Waals surface area contributed by atoms with E-state index < -0.39 is 17.2 Å². The Bertz CT molecular complexity index is 2100. The second kappa shape index (κ2) is 35.1. The highest BCUT2D eigenvalue weighted by molar-refractivity contribution is 7.90. The average molecular weight is 1090 g/mol. The number of tetrazole rings is 2. The predicted octanol–water partition coefficient (Wildman–Crippen LogP) is 11.9. The third-order valence-electron chi connectivity index (χ3n) is 7.55. The Balaban J connectivity index is -0.000000184. The van der Waals surface area contributed by atoms with Crippen molar-refractivity contribution >= 4 is 47.3 Å². The lowest BCUT2D eigenvalue weighted by Crippen LogP contribution is -2.19. The van der Waals surface area contributed by atoms with E-state index in [0.717, 1.165) is 37.2 Å². The second-order valence-corrected chi connectivity index (χ2v) is 32.1. The van der Waals surface area contributed by atoms with Crippen LogP contribution in [-0.2, 0) is 54.7 Å². The van der Waals surface area contributed by atoms with Gasteiger partial charge < -0.3 is 14.7 Å². The Morgan fingerprint density at radius 2 is 1.11 bits per heavy atom. The van der Waals surface area contributed by atoms with Gasteiger partial charge in [-0.2, -0.15) is 9.91 Å². The molecule has 0 bridgehead atoms. The molecule has 436 valence electrons. The lowest BCUT2D eigenvalue weighted by atomic mass is 9.60. The van der Waals surface area contributed by atoms with Crippen molar-refractivity contribution in [2.24, 2.45) is 53.1 Å². The lowest BCUT2D eigenvalue weighted by molar-refractivity contribution is -0.119. The molecule has 0 saturated heterocycles. The van der Waals surface area contributed by atoms with Crippen molar-refractivity contribution in [1.29, 1.82) is 0 Å². The summed E-state index contributed by atoms with van der Waals surface area (Å²) in [6, 6.07) is 0. The fourth-order valence-electron chi connectivity index (χ4n) is 6.37. The quantitative estimate of drug-likeness (QED) is 0.157. The molecular weight excluding hydrogens is 980 g/mol. The van der Waals surface area contributed by atoms with Gasteiger partial charge in [0.15, 0.2) is 37.3 Å². The number of carbonyl (C=O) groups excluding carboxylic acids is 3. The Kier molecular flexibility index (Phi) is 38.9. The third kappa shape index (κ3) is 68.6. The number of azo groups is 1. The minimum Gasteiger partial charge on any atom is -0.451 e. The molecule has 2 N–H and O–H groups in total. The molecule has 0 aromatic carbocycles. The maximum Gasteiger partial charge on any atom is 0.286 e. The van der Waals surface area contributed by atoms with E-state index in [1.165, 1.54) is 31.6 Å². The zero-order chi connectivity index (χ0) is 58.1. The van der Waals surface area contributed by atoms with Gasteiger partial charge >= 0.3 is 0 Å². The number of Topliss-reactive ketones (excluding diaryl/α,β-unsaturated/α-hetero) is 3. The monoisotopic (exact) mass is 1090 g/mol. The van der Waals surface area contributed by atoms with Gasteiger partial charge in [-0.25, -0.2) is 18.1 Å². The van der Waals surface area contributed by atoms with Gasteiger partial charge in [-0.15, -0.1) is 20.4 Å². The van der Waals surface area contributed by atoms with Gasteiger partial charge in [-0.05, 0) is 80.6 Å². The summed E-state index contributed by atoms with van der Waals surface area (Å²) >= 11 is 0. The molecule has 0 spiro atoms. The summed E-state index contributed by atoms with van der Waals surface area (Å²) < 4.78 is 33.6. The minimum atomic E-state index is -2.79. The van der Waals surface area contributed by atoms with E-state index >= 15 is 0 Å². The van der Waals surface area contributed by atoms with E-state index in [1.807, 2.05) is 48.4 Å². The Morgan fingerprint density at radius 1 is 0.649 bits per heavy atom. The first kappa shape index (κ1) is 81.9. The first-order valence-electron chi connectivity index (χ1n) is 24.6. The SMILES string of the molecule is C.C.CB(O)CC(C)(C)C.CC(=O)CC(C)(C)C.CC(=O)Cn1nnc(CC(C)(C)C)n1.CC(=O)Cn1nnnc1CC(C)(C)C.CC(C)(C)CC1=NCN=N1.CC(C)(C)CP(C)(=O)O.CC(C)(C)CS(C)(=O)=O. The summed E-state index contributed by atoms with van der Waals surface area (Å²) in [6.45, 7) is 52.1. The molecule has 0 radical (unpaired) electrons. The molecule has 19 nitrogen and oxygen atoms in total. The first-order chi connectivity index (χ1) is 31.6. The van der Waals surface area contributed by atoms with Crippen molar-refractivity contribution in [3.63, 3.8) is 0 Å². The topological polar surface area (TPSA) is 267 Å². The normalized spacial score (nSPS) is 13.3. The van der Waals surface area contributed by atoms with Crippen LogP contribution in [0.3, 0.4) is 0 Å². The van der Waals surface area contributed by atoms with Gasteiger partial charge in [0.05, 0.1) is 5.75 Å². The zero-order valence-corrected chi connectivity index (χ0v) is 52.0. The van der Waals surface area contributed by atoms with Crippen molar-refractivity contribution in [3.05, 3.63) is 11.6 Å². The van der Waals surface area contributed by atoms with Gasteiger partial charge in [0.2, 0.25) is 0 Å². The van der Waals surface area contributed by atoms with E-state index in [2.05, 4.69) is 150 Å². The molecule has 22 heteroatoms. The van der Waals surface area contributed by atoms with E-state index in [4.69, 9.17) is 9.92 Å². The van der Waals surface area contributed by atoms with Crippen LogP contribution in [0.1, 0.15) is 206 Å². The van der Waals surface area contributed by atoms with Gasteiger partial charge in [0, 0.05) is 44.8 Å². The Hall–Kier alpha value is -3.42. The number of sulfone groups is 1. The number of ketones is 3. The van der Waals surface area contributed by atoms with Gasteiger partial charge in [-0.1, -0.05) is 167 Å². The minimum absolute atomic E-state index is 0. The van der Waals surface area contributed by atoms with Crippen LogP contribution in [0.25, 0.3) is 0 Å². The molecule has 1 aliphatic heterocycles. The summed E-state index contributed by atoms with van der Waals surface area (Å²) in [7, 11) is -5.57. The molecule has 0 amide bonds. The Labute approximate surface area is 452 Å². The highest BCUT2D eigenvalue weighted by atomic mass is 32.2. The van der Waals surface area contributed by atoms with Crippen molar-refractivity contribution in [2.45, 2.75) is 233 Å². The van der Waals surface area contributed by atoms with Crippen molar-refractivity contribution in [2.75, 3.05) is 31.5 Å². The standard InChI is InChI=1S/2C9H16N4O.C7H13N3.C7H14O.C6H15BO.C6H15O2P.C6H14O2S.2CH4/c1-7(14)6-13-8(10-11-12-13)5-9(2,3)4;1-7(14)6-13-11-8(10-12-13)5-9(2,3)4;1-7(2,3)4-6-8-5-9-10-6;1-6(8)5-7(2,3)4;1-6(2,3)5-7(4)8;2*1-6(2,3)5-9(4,7)8;;/h2*5-6H2,1-4H3;4-5H2,1-3H3;5H2,1-4H3;8H,5H2,1-4H3;5H2,1-4H3,(H,7,8);5H2,1-4H3;2*1H4. The van der Waals surface area contributed by atoms with Crippen LogP contribution in [0.2, 0.25) is 13.1 Å². The van der Waals surface area contributed by atoms with Gasteiger partial charge in [0.1, 0.15) is 34.5 Å². The van der Waals surface area contributed by atoms with E-state index in [0.29, 0.717) is 25.1 Å². The fraction of sp³-hybridized carbons (Fsp3) is 0.885. The molecule has 0 fully saturated rings. The second-order valence-electron chi connectivity index (χ2n) is 27.5. The number of amidine groups is 1. The molecule has 3 rings (SSSR count). The average Bonchev–Trinajstić information content (AvgIpc) is 3.78. The molecule has 2 aromatic heterocycles. The highest BCUT2D eigenvalue weighted by Gasteiger charge is 2.22. The van der Waals surface area contributed by atoms with Crippen molar-refractivity contribution in [1.82, 2.24) is 40.4 Å². The number of hydrogen-bond donors (Lipinski definition) is 2. The fourth-order valence-corrected chi connectivity index (χ4v) is 9.70. The maximum atomic E-state index is 10.9. The van der Waals surface area contributed by atoms with Crippen LogP contribution in [0, 0.1) is 37.9 Å². The largest absolute Gasteiger partial charge is 0.451 e. The Morgan fingerprint density at radius 3 is 1.35 bits per heavy atom. The molecule has 1 atom stereocenters. The number of nitrogens with zero attached hydrogens (tertiary/aromatic N) is 11. The van der Waals surface area contributed by atoms with Crippen molar-refractivity contribution < 1.29 is 37.3 Å². The number of aliphatic imine (C=N–C) groups is 1. The smallest absolute Gasteiger partial charge is 0.286 e. The lowest BCUT2D eigenvalue weighted by Gasteiger charge is -2.19. The van der Waals surface area contributed by atoms with Crippen LogP contribution >= 0.6 is 7.37 Å². The molecule has 2 aromatic rings. The molecular formula is C52H111BN11O8PS. The molecule has 3 heterocycles. The maximum absolute atomic E-state index is 10.9.